The maximum atomic E-state index is 12.7. The van der Waals surface area contributed by atoms with Gasteiger partial charge in [-0.1, -0.05) is 13.8 Å². The van der Waals surface area contributed by atoms with E-state index in [0.29, 0.717) is 17.1 Å². The van der Waals surface area contributed by atoms with Crippen LogP contribution in [-0.2, 0) is 17.8 Å². The number of carboxylic acid groups (broad SMARTS) is 1. The predicted molar refractivity (Wildman–Crippen MR) is 88.1 cm³/mol. The molecule has 1 atom stereocenters. The van der Waals surface area contributed by atoms with Gasteiger partial charge in [0.05, 0.1) is 10.9 Å². The number of aryl methyl sites for hydroxylation is 1. The van der Waals surface area contributed by atoms with Crippen molar-refractivity contribution in [1.82, 2.24) is 14.9 Å². The summed E-state index contributed by atoms with van der Waals surface area (Å²) in [5.41, 5.74) is -0.550. The smallest absolute Gasteiger partial charge is 0.337 e. The van der Waals surface area contributed by atoms with Crippen molar-refractivity contribution in [2.45, 2.75) is 46.2 Å². The molecule has 1 amide bonds. The van der Waals surface area contributed by atoms with E-state index in [1.165, 1.54) is 9.95 Å². The number of nitrogens with zero attached hydrogens (tertiary/aromatic N) is 2. The number of fused-ring (bicyclic) bond motifs is 1. The van der Waals surface area contributed by atoms with E-state index >= 15 is 0 Å². The van der Waals surface area contributed by atoms with Gasteiger partial charge < -0.3 is 10.4 Å². The highest BCUT2D eigenvalue weighted by Gasteiger charge is 2.20. The van der Waals surface area contributed by atoms with Gasteiger partial charge >= 0.3 is 5.97 Å². The maximum Gasteiger partial charge on any atom is 0.337 e. The van der Waals surface area contributed by atoms with E-state index in [0.717, 1.165) is 17.8 Å². The minimum atomic E-state index is -1.17. The first-order valence-corrected chi connectivity index (χ1v) is 8.30. The van der Waals surface area contributed by atoms with Gasteiger partial charge in [0, 0.05) is 17.8 Å². The molecule has 0 aliphatic carbocycles. The fourth-order valence-corrected chi connectivity index (χ4v) is 3.14. The number of carboxylic acids is 1. The van der Waals surface area contributed by atoms with E-state index < -0.39 is 11.5 Å². The molecule has 0 aliphatic heterocycles. The molecule has 0 aromatic carbocycles. The standard InChI is InChI=1S/C15H19N3O4S/c1-4-8(3)16-11(19)6-18-10(5-2)17-13-12(14(18)20)9(7-23-13)15(21)22/h7-8H,4-6H2,1-3H3,(H,16,19)(H,21,22). The molecule has 0 saturated heterocycles. The highest BCUT2D eigenvalue weighted by molar-refractivity contribution is 7.17. The molecule has 2 rings (SSSR count). The Morgan fingerprint density at radius 2 is 2.13 bits per heavy atom. The highest BCUT2D eigenvalue weighted by Crippen LogP contribution is 2.21. The third-order valence-corrected chi connectivity index (χ3v) is 4.51. The molecule has 8 heteroatoms. The zero-order valence-corrected chi connectivity index (χ0v) is 14.1. The number of aromatic carboxylic acids is 1. The minimum absolute atomic E-state index is 0.00990. The van der Waals surface area contributed by atoms with E-state index in [1.807, 2.05) is 20.8 Å². The number of aromatic nitrogens is 2. The van der Waals surface area contributed by atoms with Crippen molar-refractivity contribution in [3.05, 3.63) is 27.1 Å². The summed E-state index contributed by atoms with van der Waals surface area (Å²) in [6.07, 6.45) is 1.26. The Labute approximate surface area is 137 Å². The van der Waals surface area contributed by atoms with Gasteiger partial charge in [0.25, 0.3) is 5.56 Å². The van der Waals surface area contributed by atoms with Gasteiger partial charge in [-0.25, -0.2) is 9.78 Å². The number of amides is 1. The van der Waals surface area contributed by atoms with Crippen molar-refractivity contribution >= 4 is 33.4 Å². The SMILES string of the molecule is CCc1nc2scc(C(=O)O)c2c(=O)n1CC(=O)NC(C)CC. The van der Waals surface area contributed by atoms with Crippen molar-refractivity contribution in [3.63, 3.8) is 0 Å². The lowest BCUT2D eigenvalue weighted by Gasteiger charge is -2.14. The van der Waals surface area contributed by atoms with Gasteiger partial charge in [-0.3, -0.25) is 14.2 Å². The minimum Gasteiger partial charge on any atom is -0.478 e. The molecule has 1 unspecified atom stereocenters. The number of nitrogens with one attached hydrogen (secondary N) is 1. The van der Waals surface area contributed by atoms with Gasteiger partial charge in [0.1, 0.15) is 17.2 Å². The van der Waals surface area contributed by atoms with Crippen molar-refractivity contribution in [1.29, 1.82) is 0 Å². The Morgan fingerprint density at radius 1 is 1.43 bits per heavy atom. The average molecular weight is 337 g/mol. The topological polar surface area (TPSA) is 101 Å². The molecule has 7 nitrogen and oxygen atoms in total. The first kappa shape index (κ1) is 17.1. The zero-order chi connectivity index (χ0) is 17.1. The van der Waals surface area contributed by atoms with Crippen LogP contribution in [0, 0.1) is 0 Å². The van der Waals surface area contributed by atoms with E-state index in [4.69, 9.17) is 0 Å². The van der Waals surface area contributed by atoms with Crippen molar-refractivity contribution in [3.8, 4) is 0 Å². The molecular formula is C15H19N3O4S. The third-order valence-electron chi connectivity index (χ3n) is 3.64. The summed E-state index contributed by atoms with van der Waals surface area (Å²) in [7, 11) is 0. The van der Waals surface area contributed by atoms with Crippen LogP contribution in [0.5, 0.6) is 0 Å². The molecule has 23 heavy (non-hydrogen) atoms. The summed E-state index contributed by atoms with van der Waals surface area (Å²) in [4.78, 5) is 40.7. The van der Waals surface area contributed by atoms with Crippen LogP contribution in [0.3, 0.4) is 0 Å². The fraction of sp³-hybridized carbons (Fsp3) is 0.467. The van der Waals surface area contributed by atoms with Crippen LogP contribution in [0.25, 0.3) is 10.2 Å². The van der Waals surface area contributed by atoms with Crippen LogP contribution in [0.1, 0.15) is 43.4 Å². The molecule has 2 N–H and O–H groups in total. The molecule has 2 aromatic rings. The van der Waals surface area contributed by atoms with E-state index in [-0.39, 0.29) is 29.4 Å². The second-order valence-electron chi connectivity index (χ2n) is 5.28. The van der Waals surface area contributed by atoms with Crippen LogP contribution in [0.15, 0.2) is 10.2 Å². The zero-order valence-electron chi connectivity index (χ0n) is 13.3. The van der Waals surface area contributed by atoms with Crippen LogP contribution in [0.4, 0.5) is 0 Å². The second-order valence-corrected chi connectivity index (χ2v) is 6.14. The van der Waals surface area contributed by atoms with Gasteiger partial charge in [-0.05, 0) is 13.3 Å². The van der Waals surface area contributed by atoms with Gasteiger partial charge in [0.15, 0.2) is 0 Å². The van der Waals surface area contributed by atoms with Crippen molar-refractivity contribution < 1.29 is 14.7 Å². The van der Waals surface area contributed by atoms with Gasteiger partial charge in [-0.15, -0.1) is 11.3 Å². The van der Waals surface area contributed by atoms with E-state index in [2.05, 4.69) is 10.3 Å². The summed E-state index contributed by atoms with van der Waals surface area (Å²) in [5, 5.41) is 13.5. The van der Waals surface area contributed by atoms with Crippen LogP contribution >= 0.6 is 11.3 Å². The Balaban J connectivity index is 2.51. The molecule has 0 radical (unpaired) electrons. The largest absolute Gasteiger partial charge is 0.478 e. The Bertz CT molecular complexity index is 809. The monoisotopic (exact) mass is 337 g/mol. The Hall–Kier alpha value is -2.22. The molecule has 2 aromatic heterocycles. The predicted octanol–water partition coefficient (Wildman–Crippen LogP) is 1.63. The lowest BCUT2D eigenvalue weighted by molar-refractivity contribution is -0.122. The number of hydrogen-bond donors (Lipinski definition) is 2. The molecule has 0 bridgehead atoms. The van der Waals surface area contributed by atoms with Crippen LogP contribution < -0.4 is 10.9 Å². The normalized spacial score (nSPS) is 12.3. The van der Waals surface area contributed by atoms with Crippen molar-refractivity contribution in [2.24, 2.45) is 0 Å². The number of rotatable bonds is 6. The molecule has 0 spiro atoms. The number of thiophene rings is 1. The summed E-state index contributed by atoms with van der Waals surface area (Å²) >= 11 is 1.12. The molecular weight excluding hydrogens is 318 g/mol. The first-order chi connectivity index (χ1) is 10.9. The lowest BCUT2D eigenvalue weighted by Crippen LogP contribution is -2.38. The van der Waals surface area contributed by atoms with E-state index in [9.17, 15) is 19.5 Å². The highest BCUT2D eigenvalue weighted by atomic mass is 32.1. The maximum absolute atomic E-state index is 12.7. The number of carbonyl (C=O) groups excluding carboxylic acids is 1. The molecule has 0 aliphatic rings. The molecule has 0 fully saturated rings. The Morgan fingerprint density at radius 3 is 2.70 bits per heavy atom. The quantitative estimate of drug-likeness (QED) is 0.834. The Kier molecular flexibility index (Phi) is 5.15. The number of carbonyl (C=O) groups is 2. The van der Waals surface area contributed by atoms with Crippen LogP contribution in [0.2, 0.25) is 0 Å². The lowest BCUT2D eigenvalue weighted by atomic mass is 10.2. The fourth-order valence-electron chi connectivity index (χ4n) is 2.22. The summed E-state index contributed by atoms with van der Waals surface area (Å²) in [6, 6.07) is 0.00990. The van der Waals surface area contributed by atoms with Crippen LogP contribution in [-0.4, -0.2) is 32.6 Å². The summed E-state index contributed by atoms with van der Waals surface area (Å²) in [5.74, 6) is -0.986. The second kappa shape index (κ2) is 6.91. The van der Waals surface area contributed by atoms with E-state index in [1.54, 1.807) is 0 Å². The molecule has 124 valence electrons. The third kappa shape index (κ3) is 3.42. The van der Waals surface area contributed by atoms with Gasteiger partial charge in [-0.2, -0.15) is 0 Å². The summed E-state index contributed by atoms with van der Waals surface area (Å²) in [6.45, 7) is 5.50. The first-order valence-electron chi connectivity index (χ1n) is 7.42. The number of hydrogen-bond acceptors (Lipinski definition) is 5. The summed E-state index contributed by atoms with van der Waals surface area (Å²) < 4.78 is 1.26. The average Bonchev–Trinajstić information content (AvgIpc) is 2.93. The molecule has 0 saturated carbocycles. The van der Waals surface area contributed by atoms with Crippen molar-refractivity contribution in [2.75, 3.05) is 0 Å². The van der Waals surface area contributed by atoms with Gasteiger partial charge in [0.2, 0.25) is 5.91 Å². The molecule has 2 heterocycles.